The topological polar surface area (TPSA) is 48.4 Å². The summed E-state index contributed by atoms with van der Waals surface area (Å²) < 4.78 is 10.4. The van der Waals surface area contributed by atoms with E-state index in [0.717, 1.165) is 11.3 Å². The summed E-state index contributed by atoms with van der Waals surface area (Å²) in [5.74, 6) is 0.935. The molecule has 4 nitrogen and oxygen atoms in total. The molecule has 92 valence electrons. The molecular weight excluding hydrogens is 230 g/mol. The zero-order valence-electron chi connectivity index (χ0n) is 10.00. The summed E-state index contributed by atoms with van der Waals surface area (Å²) in [6.07, 6.45) is 1.63. The maximum absolute atomic E-state index is 10.7. The Morgan fingerprint density at radius 2 is 1.94 bits per heavy atom. The first-order valence-electron chi connectivity index (χ1n) is 5.55. The lowest BCUT2D eigenvalue weighted by molar-refractivity contribution is -0.142. The first kappa shape index (κ1) is 12.1. The number of para-hydroxylation sites is 1. The van der Waals surface area contributed by atoms with E-state index in [2.05, 4.69) is 4.98 Å². The molecule has 0 fully saturated rings. The lowest BCUT2D eigenvalue weighted by atomic mass is 10.3. The fourth-order valence-electron chi connectivity index (χ4n) is 1.35. The van der Waals surface area contributed by atoms with Crippen LogP contribution in [0.5, 0.6) is 11.6 Å². The van der Waals surface area contributed by atoms with Gasteiger partial charge in [0.2, 0.25) is 5.88 Å². The average molecular weight is 243 g/mol. The molecule has 1 heterocycles. The van der Waals surface area contributed by atoms with Gasteiger partial charge in [-0.25, -0.2) is 4.98 Å². The summed E-state index contributed by atoms with van der Waals surface area (Å²) in [5, 5.41) is 0. The summed E-state index contributed by atoms with van der Waals surface area (Å²) in [5.41, 5.74) is 0.825. The molecule has 0 unspecified atom stereocenters. The molecule has 18 heavy (non-hydrogen) atoms. The van der Waals surface area contributed by atoms with Crippen LogP contribution in [0.3, 0.4) is 0 Å². The van der Waals surface area contributed by atoms with Crippen LogP contribution in [-0.2, 0) is 16.1 Å². The molecule has 0 aliphatic rings. The van der Waals surface area contributed by atoms with Crippen LogP contribution in [0.1, 0.15) is 12.5 Å². The summed E-state index contributed by atoms with van der Waals surface area (Å²) in [7, 11) is 0. The van der Waals surface area contributed by atoms with Gasteiger partial charge in [-0.3, -0.25) is 4.79 Å². The first-order chi connectivity index (χ1) is 8.74. The number of nitrogens with zero attached hydrogens (tertiary/aromatic N) is 1. The predicted molar refractivity (Wildman–Crippen MR) is 66.2 cm³/mol. The largest absolute Gasteiger partial charge is 0.461 e. The number of ether oxygens (including phenoxy) is 2. The second-order valence-electron chi connectivity index (χ2n) is 3.70. The van der Waals surface area contributed by atoms with E-state index in [1.54, 1.807) is 12.3 Å². The van der Waals surface area contributed by atoms with E-state index in [-0.39, 0.29) is 12.6 Å². The van der Waals surface area contributed by atoms with E-state index in [1.807, 2.05) is 36.4 Å². The second-order valence-corrected chi connectivity index (χ2v) is 3.70. The quantitative estimate of drug-likeness (QED) is 0.774. The van der Waals surface area contributed by atoms with Crippen molar-refractivity contribution >= 4 is 5.97 Å². The molecule has 0 aliphatic carbocycles. The van der Waals surface area contributed by atoms with Gasteiger partial charge in [0, 0.05) is 24.8 Å². The minimum absolute atomic E-state index is 0.230. The molecule has 0 saturated carbocycles. The van der Waals surface area contributed by atoms with E-state index in [9.17, 15) is 4.79 Å². The van der Waals surface area contributed by atoms with Crippen LogP contribution in [0, 0.1) is 0 Å². The van der Waals surface area contributed by atoms with E-state index in [4.69, 9.17) is 9.47 Å². The number of benzene rings is 1. The average Bonchev–Trinajstić information content (AvgIpc) is 2.39. The molecule has 1 aromatic carbocycles. The Kier molecular flexibility index (Phi) is 3.91. The van der Waals surface area contributed by atoms with Crippen molar-refractivity contribution in [2.45, 2.75) is 13.5 Å². The highest BCUT2D eigenvalue weighted by Gasteiger charge is 2.00. The van der Waals surface area contributed by atoms with E-state index in [1.165, 1.54) is 6.92 Å². The number of hydrogen-bond acceptors (Lipinski definition) is 4. The molecule has 2 aromatic rings. The van der Waals surface area contributed by atoms with Crippen LogP contribution in [-0.4, -0.2) is 11.0 Å². The van der Waals surface area contributed by atoms with Crippen molar-refractivity contribution in [2.24, 2.45) is 0 Å². The van der Waals surface area contributed by atoms with E-state index < -0.39 is 0 Å². The molecule has 2 rings (SSSR count). The predicted octanol–water partition coefficient (Wildman–Crippen LogP) is 2.94. The monoisotopic (exact) mass is 243 g/mol. The third-order valence-electron chi connectivity index (χ3n) is 2.21. The van der Waals surface area contributed by atoms with Crippen LogP contribution in [0.2, 0.25) is 0 Å². The van der Waals surface area contributed by atoms with Gasteiger partial charge in [-0.2, -0.15) is 0 Å². The van der Waals surface area contributed by atoms with Gasteiger partial charge in [0.15, 0.2) is 0 Å². The molecule has 0 N–H and O–H groups in total. The van der Waals surface area contributed by atoms with Crippen LogP contribution in [0.25, 0.3) is 0 Å². The highest BCUT2D eigenvalue weighted by atomic mass is 16.5. The van der Waals surface area contributed by atoms with E-state index >= 15 is 0 Å². The summed E-state index contributed by atoms with van der Waals surface area (Å²) in [6.45, 7) is 1.61. The fourth-order valence-corrected chi connectivity index (χ4v) is 1.35. The maximum atomic E-state index is 10.7. The molecule has 0 radical (unpaired) electrons. The van der Waals surface area contributed by atoms with Crippen molar-refractivity contribution in [2.75, 3.05) is 0 Å². The summed E-state index contributed by atoms with van der Waals surface area (Å²) in [4.78, 5) is 14.8. The van der Waals surface area contributed by atoms with Gasteiger partial charge < -0.3 is 9.47 Å². The molecule has 0 spiro atoms. The molecule has 0 amide bonds. The minimum atomic E-state index is -0.306. The van der Waals surface area contributed by atoms with Crippen LogP contribution < -0.4 is 4.74 Å². The highest BCUT2D eigenvalue weighted by molar-refractivity contribution is 5.65. The van der Waals surface area contributed by atoms with Gasteiger partial charge in [0.05, 0.1) is 0 Å². The molecule has 0 bridgehead atoms. The van der Waals surface area contributed by atoms with Crippen molar-refractivity contribution in [3.63, 3.8) is 0 Å². The van der Waals surface area contributed by atoms with Crippen LogP contribution in [0.4, 0.5) is 0 Å². The number of esters is 1. The van der Waals surface area contributed by atoms with Crippen molar-refractivity contribution in [1.82, 2.24) is 4.98 Å². The number of rotatable bonds is 4. The normalized spacial score (nSPS) is 9.83. The van der Waals surface area contributed by atoms with Crippen LogP contribution in [0.15, 0.2) is 48.7 Å². The maximum Gasteiger partial charge on any atom is 0.302 e. The Morgan fingerprint density at radius 3 is 2.56 bits per heavy atom. The van der Waals surface area contributed by atoms with Crippen molar-refractivity contribution in [1.29, 1.82) is 0 Å². The summed E-state index contributed by atoms with van der Waals surface area (Å²) in [6, 6.07) is 13.0. The minimum Gasteiger partial charge on any atom is -0.461 e. The van der Waals surface area contributed by atoms with Gasteiger partial charge in [-0.1, -0.05) is 18.2 Å². The Hall–Kier alpha value is -2.36. The Morgan fingerprint density at radius 1 is 1.17 bits per heavy atom. The Balaban J connectivity index is 1.97. The highest BCUT2D eigenvalue weighted by Crippen LogP contribution is 2.18. The van der Waals surface area contributed by atoms with Gasteiger partial charge in [0.25, 0.3) is 0 Å². The first-order valence-corrected chi connectivity index (χ1v) is 5.55. The van der Waals surface area contributed by atoms with Crippen LogP contribution >= 0.6 is 0 Å². The number of hydrogen-bond donors (Lipinski definition) is 0. The third kappa shape index (κ3) is 3.59. The molecule has 1 aromatic heterocycles. The molecular formula is C14H13NO3. The number of carbonyl (C=O) groups excluding carboxylic acids is 1. The van der Waals surface area contributed by atoms with Gasteiger partial charge in [0.1, 0.15) is 12.4 Å². The lowest BCUT2D eigenvalue weighted by Gasteiger charge is -2.05. The standard InChI is InChI=1S/C14H13NO3/c1-11(16)17-10-12-7-8-14(15-9-12)18-13-5-3-2-4-6-13/h2-9H,10H2,1H3. The molecule has 4 heteroatoms. The van der Waals surface area contributed by atoms with Gasteiger partial charge in [-0.15, -0.1) is 0 Å². The Bertz CT molecular complexity index is 508. The zero-order valence-corrected chi connectivity index (χ0v) is 10.00. The van der Waals surface area contributed by atoms with Gasteiger partial charge >= 0.3 is 5.97 Å². The molecule has 0 saturated heterocycles. The molecule has 0 aliphatic heterocycles. The van der Waals surface area contributed by atoms with Crippen molar-refractivity contribution in [3.8, 4) is 11.6 Å². The molecule has 0 atom stereocenters. The number of pyridine rings is 1. The van der Waals surface area contributed by atoms with Crippen molar-refractivity contribution < 1.29 is 14.3 Å². The number of aromatic nitrogens is 1. The van der Waals surface area contributed by atoms with E-state index in [0.29, 0.717) is 5.88 Å². The summed E-state index contributed by atoms with van der Waals surface area (Å²) >= 11 is 0. The van der Waals surface area contributed by atoms with Gasteiger partial charge in [-0.05, 0) is 18.2 Å². The SMILES string of the molecule is CC(=O)OCc1ccc(Oc2ccccc2)nc1. The zero-order chi connectivity index (χ0) is 12.8. The Labute approximate surface area is 105 Å². The fraction of sp³-hybridized carbons (Fsp3) is 0.143. The second kappa shape index (κ2) is 5.82. The smallest absolute Gasteiger partial charge is 0.302 e. The van der Waals surface area contributed by atoms with Crippen molar-refractivity contribution in [3.05, 3.63) is 54.2 Å². The number of carbonyl (C=O) groups is 1. The third-order valence-corrected chi connectivity index (χ3v) is 2.21. The lowest BCUT2D eigenvalue weighted by Crippen LogP contribution is -1.99.